The van der Waals surface area contributed by atoms with E-state index in [1.807, 2.05) is 82.7 Å². The van der Waals surface area contributed by atoms with Crippen LogP contribution >= 0.6 is 70.6 Å². The van der Waals surface area contributed by atoms with Gasteiger partial charge >= 0.3 is 0 Å². The SMILES string of the molecule is C=CCN1C2=C(SCCS2)S/C1=C1/SC2=C(SCCS2)N1CC=C. The quantitative estimate of drug-likeness (QED) is 0.510. The largest absolute Gasteiger partial charge is 0.323 e. The van der Waals surface area contributed by atoms with Gasteiger partial charge in [-0.3, -0.25) is 0 Å². The summed E-state index contributed by atoms with van der Waals surface area (Å²) < 4.78 is 2.94. The normalized spacial score (nSPS) is 26.8. The number of hydrogen-bond acceptors (Lipinski definition) is 8. The average Bonchev–Trinajstić information content (AvgIpc) is 3.15. The van der Waals surface area contributed by atoms with Crippen molar-refractivity contribution in [2.75, 3.05) is 36.1 Å². The monoisotopic (exact) mass is 430 g/mol. The average molecular weight is 431 g/mol. The Kier molecular flexibility index (Phi) is 5.90. The molecular weight excluding hydrogens is 413 g/mol. The Hall–Kier alpha value is 0.400. The maximum Gasteiger partial charge on any atom is 0.113 e. The van der Waals surface area contributed by atoms with Gasteiger partial charge in [-0.05, 0) is 0 Å². The molecule has 0 saturated carbocycles. The molecule has 0 saturated heterocycles. The zero-order valence-corrected chi connectivity index (χ0v) is 18.1. The molecule has 0 aromatic rings. The van der Waals surface area contributed by atoms with Crippen molar-refractivity contribution >= 4 is 70.6 Å². The van der Waals surface area contributed by atoms with Crippen molar-refractivity contribution in [3.8, 4) is 0 Å². The topological polar surface area (TPSA) is 6.48 Å². The van der Waals surface area contributed by atoms with E-state index in [4.69, 9.17) is 0 Å². The van der Waals surface area contributed by atoms with E-state index in [9.17, 15) is 0 Å². The maximum absolute atomic E-state index is 3.98. The van der Waals surface area contributed by atoms with Gasteiger partial charge in [0.25, 0.3) is 0 Å². The summed E-state index contributed by atoms with van der Waals surface area (Å²) in [5.41, 5.74) is 0. The van der Waals surface area contributed by atoms with Gasteiger partial charge in [0.1, 0.15) is 10.1 Å². The molecule has 2 nitrogen and oxygen atoms in total. The summed E-state index contributed by atoms with van der Waals surface area (Å²) in [5.74, 6) is 4.82. The molecule has 4 heterocycles. The Balaban J connectivity index is 1.72. The van der Waals surface area contributed by atoms with E-state index >= 15 is 0 Å². The van der Waals surface area contributed by atoms with Crippen molar-refractivity contribution in [2.24, 2.45) is 0 Å². The van der Waals surface area contributed by atoms with Gasteiger partial charge in [0.15, 0.2) is 0 Å². The highest BCUT2D eigenvalue weighted by atomic mass is 32.2. The van der Waals surface area contributed by atoms with Gasteiger partial charge in [0, 0.05) is 36.1 Å². The van der Waals surface area contributed by atoms with Crippen LogP contribution in [0.2, 0.25) is 0 Å². The van der Waals surface area contributed by atoms with Crippen LogP contribution < -0.4 is 0 Å². The summed E-state index contributed by atoms with van der Waals surface area (Å²) in [6.07, 6.45) is 4.04. The van der Waals surface area contributed by atoms with E-state index < -0.39 is 0 Å². The molecular formula is C16H18N2S6. The van der Waals surface area contributed by atoms with Crippen molar-refractivity contribution < 1.29 is 0 Å². The van der Waals surface area contributed by atoms with Gasteiger partial charge in [0.05, 0.1) is 18.5 Å². The minimum absolute atomic E-state index is 0.881. The van der Waals surface area contributed by atoms with Gasteiger partial charge in [0.2, 0.25) is 0 Å². The summed E-state index contributed by atoms with van der Waals surface area (Å²) in [6, 6.07) is 0. The fourth-order valence-corrected chi connectivity index (χ4v) is 10.9. The number of hydrogen-bond donors (Lipinski definition) is 0. The summed E-state index contributed by atoms with van der Waals surface area (Å²) in [4.78, 5) is 4.94. The van der Waals surface area contributed by atoms with E-state index in [2.05, 4.69) is 23.0 Å². The molecule has 24 heavy (non-hydrogen) atoms. The van der Waals surface area contributed by atoms with Crippen LogP contribution in [0.5, 0.6) is 0 Å². The van der Waals surface area contributed by atoms with Crippen molar-refractivity contribution in [3.63, 3.8) is 0 Å². The van der Waals surface area contributed by atoms with E-state index in [-0.39, 0.29) is 0 Å². The summed E-state index contributed by atoms with van der Waals surface area (Å²) >= 11 is 11.9. The van der Waals surface area contributed by atoms with Crippen molar-refractivity contribution in [1.82, 2.24) is 9.80 Å². The standard InChI is InChI=1S/C16H18N2S6/c1-3-5-17-11(23-15-13(17)19-7-9-21-15)12-18(6-4-2)14-16(24-12)22-10-8-20-14/h3-4H,1-2,5-10H2/b12-11+. The maximum atomic E-state index is 3.98. The molecule has 4 rings (SSSR count). The second-order valence-electron chi connectivity index (χ2n) is 5.19. The smallest absolute Gasteiger partial charge is 0.113 e. The minimum atomic E-state index is 0.881. The first kappa shape index (κ1) is 17.8. The fraction of sp³-hybridized carbons (Fsp3) is 0.375. The molecule has 0 atom stereocenters. The van der Waals surface area contributed by atoms with E-state index in [1.54, 1.807) is 0 Å². The molecule has 4 aliphatic heterocycles. The molecule has 0 bridgehead atoms. The molecule has 0 spiro atoms. The third-order valence-electron chi connectivity index (χ3n) is 3.63. The Bertz CT molecular complexity index is 609. The molecule has 4 aliphatic rings. The lowest BCUT2D eigenvalue weighted by Gasteiger charge is -2.27. The third-order valence-corrected chi connectivity index (χ3v) is 11.9. The molecule has 0 unspecified atom stereocenters. The highest BCUT2D eigenvalue weighted by molar-refractivity contribution is 8.28. The van der Waals surface area contributed by atoms with Crippen LogP contribution in [0.25, 0.3) is 0 Å². The van der Waals surface area contributed by atoms with Crippen LogP contribution in [0.3, 0.4) is 0 Å². The molecule has 0 aromatic carbocycles. The lowest BCUT2D eigenvalue weighted by molar-refractivity contribution is 0.494. The van der Waals surface area contributed by atoms with Crippen molar-refractivity contribution in [2.45, 2.75) is 0 Å². The number of nitrogens with zero attached hydrogens (tertiary/aromatic N) is 2. The van der Waals surface area contributed by atoms with Crippen molar-refractivity contribution in [3.05, 3.63) is 53.9 Å². The summed E-state index contributed by atoms with van der Waals surface area (Å²) in [6.45, 7) is 9.73. The van der Waals surface area contributed by atoms with E-state index in [1.165, 1.54) is 51.6 Å². The second kappa shape index (κ2) is 7.96. The van der Waals surface area contributed by atoms with Gasteiger partial charge in [-0.25, -0.2) is 0 Å². The first-order valence-electron chi connectivity index (χ1n) is 7.70. The molecule has 8 heteroatoms. The lowest BCUT2D eigenvalue weighted by atomic mass is 10.5. The predicted octanol–water partition coefficient (Wildman–Crippen LogP) is 5.80. The Morgan fingerprint density at radius 2 is 1.08 bits per heavy atom. The summed E-state index contributed by atoms with van der Waals surface area (Å²) in [7, 11) is 0. The van der Waals surface area contributed by atoms with Crippen LogP contribution in [-0.2, 0) is 0 Å². The zero-order chi connectivity index (χ0) is 16.5. The van der Waals surface area contributed by atoms with Crippen molar-refractivity contribution in [1.29, 1.82) is 0 Å². The highest BCUT2D eigenvalue weighted by Gasteiger charge is 2.39. The van der Waals surface area contributed by atoms with Crippen LogP contribution in [0, 0.1) is 0 Å². The van der Waals surface area contributed by atoms with Crippen LogP contribution in [-0.4, -0.2) is 45.9 Å². The molecule has 0 amide bonds. The second-order valence-corrected chi connectivity index (χ2v) is 12.1. The Morgan fingerprint density at radius 1 is 0.667 bits per heavy atom. The number of thioether (sulfide) groups is 6. The minimum Gasteiger partial charge on any atom is -0.323 e. The zero-order valence-electron chi connectivity index (χ0n) is 13.2. The van der Waals surface area contributed by atoms with Crippen LogP contribution in [0.1, 0.15) is 0 Å². The Morgan fingerprint density at radius 3 is 1.50 bits per heavy atom. The third kappa shape index (κ3) is 3.22. The van der Waals surface area contributed by atoms with Gasteiger partial charge in [-0.2, -0.15) is 0 Å². The number of rotatable bonds is 4. The van der Waals surface area contributed by atoms with Gasteiger partial charge < -0.3 is 9.80 Å². The van der Waals surface area contributed by atoms with E-state index in [0.29, 0.717) is 0 Å². The predicted molar refractivity (Wildman–Crippen MR) is 120 cm³/mol. The first-order chi connectivity index (χ1) is 11.8. The van der Waals surface area contributed by atoms with Gasteiger partial charge in [-0.1, -0.05) is 35.7 Å². The van der Waals surface area contributed by atoms with Crippen LogP contribution in [0.4, 0.5) is 0 Å². The first-order valence-corrected chi connectivity index (χ1v) is 13.3. The van der Waals surface area contributed by atoms with Crippen LogP contribution in [0.15, 0.2) is 53.9 Å². The molecule has 0 N–H and O–H groups in total. The molecule has 0 aliphatic carbocycles. The molecule has 0 aromatic heterocycles. The van der Waals surface area contributed by atoms with E-state index in [0.717, 1.165) is 13.1 Å². The van der Waals surface area contributed by atoms with Gasteiger partial charge in [-0.15, -0.1) is 60.2 Å². The molecule has 128 valence electrons. The lowest BCUT2D eigenvalue weighted by Crippen LogP contribution is -2.23. The highest BCUT2D eigenvalue weighted by Crippen LogP contribution is 2.60. The molecule has 0 fully saturated rings. The summed E-state index contributed by atoms with van der Waals surface area (Å²) in [5, 5.41) is 5.62. The Labute approximate surface area is 169 Å². The fourth-order valence-electron chi connectivity index (χ4n) is 2.69. The molecule has 0 radical (unpaired) electrons.